The molecule has 1 atom stereocenters. The molecule has 7 nitrogen and oxygen atoms in total. The predicted molar refractivity (Wildman–Crippen MR) is 141 cm³/mol. The lowest BCUT2D eigenvalue weighted by Gasteiger charge is -2.33. The molecule has 2 aromatic rings. The Labute approximate surface area is 215 Å². The molecular formula is C29H43NO6. The number of aliphatic hydroxyl groups excluding tert-OH is 1. The zero-order valence-electron chi connectivity index (χ0n) is 21.9. The average molecular weight is 502 g/mol. The van der Waals surface area contributed by atoms with E-state index in [-0.39, 0.29) is 18.5 Å². The maximum atomic E-state index is 10.1. The van der Waals surface area contributed by atoms with E-state index in [0.29, 0.717) is 37.2 Å². The number of aliphatic hydroxyl groups is 1. The Kier molecular flexibility index (Phi) is 12.3. The number of likely N-dealkylation sites (tertiary alicyclic amines) is 1. The zero-order valence-corrected chi connectivity index (χ0v) is 21.9. The smallest absolute Gasteiger partial charge is 0.203 e. The van der Waals surface area contributed by atoms with E-state index in [2.05, 4.69) is 17.0 Å². The monoisotopic (exact) mass is 501 g/mol. The number of hydrogen-bond donors (Lipinski definition) is 2. The number of piperidine rings is 1. The second-order valence-electron chi connectivity index (χ2n) is 9.55. The average Bonchev–Trinajstić information content (AvgIpc) is 2.91. The van der Waals surface area contributed by atoms with Gasteiger partial charge >= 0.3 is 0 Å². The molecule has 200 valence electrons. The third-order valence-electron chi connectivity index (χ3n) is 6.95. The van der Waals surface area contributed by atoms with E-state index in [9.17, 15) is 10.2 Å². The van der Waals surface area contributed by atoms with E-state index in [1.54, 1.807) is 13.2 Å². The summed E-state index contributed by atoms with van der Waals surface area (Å²) in [5, 5.41) is 19.4. The minimum Gasteiger partial charge on any atom is -0.504 e. The maximum absolute atomic E-state index is 10.1. The molecule has 0 radical (unpaired) electrons. The molecule has 2 N–H and O–H groups in total. The number of phenolic OH excluding ortho intramolecular Hbond substituents is 1. The zero-order chi connectivity index (χ0) is 25.6. The fraction of sp³-hybridized carbons (Fsp3) is 0.586. The number of hydrogen-bond acceptors (Lipinski definition) is 7. The number of ether oxygens (including phenoxy) is 4. The first-order chi connectivity index (χ1) is 17.6. The van der Waals surface area contributed by atoms with E-state index >= 15 is 0 Å². The number of aromatic hydroxyl groups is 1. The van der Waals surface area contributed by atoms with Crippen molar-refractivity contribution in [3.8, 4) is 17.2 Å². The van der Waals surface area contributed by atoms with Crippen molar-refractivity contribution in [3.05, 3.63) is 53.6 Å². The van der Waals surface area contributed by atoms with Gasteiger partial charge in [0.2, 0.25) is 5.75 Å². The highest BCUT2D eigenvalue weighted by atomic mass is 16.5. The third-order valence-corrected chi connectivity index (χ3v) is 6.95. The van der Waals surface area contributed by atoms with Crippen LogP contribution < -0.4 is 9.47 Å². The molecule has 2 aromatic carbocycles. The molecule has 1 aliphatic heterocycles. The first-order valence-corrected chi connectivity index (χ1v) is 13.1. The van der Waals surface area contributed by atoms with Gasteiger partial charge in [-0.15, -0.1) is 0 Å². The van der Waals surface area contributed by atoms with Gasteiger partial charge in [0.15, 0.2) is 11.5 Å². The Morgan fingerprint density at radius 3 is 2.44 bits per heavy atom. The molecule has 1 unspecified atom stereocenters. The summed E-state index contributed by atoms with van der Waals surface area (Å²) in [6.45, 7) is 5.24. The first-order valence-electron chi connectivity index (χ1n) is 13.1. The van der Waals surface area contributed by atoms with Crippen LogP contribution in [0.1, 0.15) is 49.7 Å². The molecular weight excluding hydrogens is 458 g/mol. The van der Waals surface area contributed by atoms with Gasteiger partial charge in [0.05, 0.1) is 33.5 Å². The summed E-state index contributed by atoms with van der Waals surface area (Å²) in [7, 11) is 3.07. The highest BCUT2D eigenvalue weighted by Gasteiger charge is 2.20. The minimum atomic E-state index is 0.0619. The van der Waals surface area contributed by atoms with Crippen molar-refractivity contribution >= 4 is 0 Å². The predicted octanol–water partition coefficient (Wildman–Crippen LogP) is 4.78. The Morgan fingerprint density at radius 2 is 1.75 bits per heavy atom. The van der Waals surface area contributed by atoms with E-state index in [0.717, 1.165) is 50.9 Å². The quantitative estimate of drug-likeness (QED) is 0.321. The summed E-state index contributed by atoms with van der Waals surface area (Å²) in [6.07, 6.45) is 6.28. The van der Waals surface area contributed by atoms with E-state index in [1.165, 1.54) is 25.5 Å². The van der Waals surface area contributed by atoms with Crippen molar-refractivity contribution in [3.63, 3.8) is 0 Å². The van der Waals surface area contributed by atoms with Gasteiger partial charge in [-0.3, -0.25) is 0 Å². The van der Waals surface area contributed by atoms with Crippen molar-refractivity contribution in [1.82, 2.24) is 4.90 Å². The van der Waals surface area contributed by atoms with Crippen molar-refractivity contribution in [1.29, 1.82) is 0 Å². The van der Waals surface area contributed by atoms with E-state index < -0.39 is 0 Å². The van der Waals surface area contributed by atoms with Gasteiger partial charge in [-0.25, -0.2) is 0 Å². The van der Waals surface area contributed by atoms with Crippen LogP contribution in [0.2, 0.25) is 0 Å². The van der Waals surface area contributed by atoms with Gasteiger partial charge in [0, 0.05) is 19.8 Å². The van der Waals surface area contributed by atoms with Crippen LogP contribution in [0, 0.1) is 5.92 Å². The Hall–Kier alpha value is -2.32. The lowest BCUT2D eigenvalue weighted by atomic mass is 9.93. The van der Waals surface area contributed by atoms with Gasteiger partial charge in [-0.05, 0) is 80.8 Å². The minimum absolute atomic E-state index is 0.0619. The molecule has 3 rings (SSSR count). The summed E-state index contributed by atoms with van der Waals surface area (Å²) < 4.78 is 22.6. The summed E-state index contributed by atoms with van der Waals surface area (Å²) in [6, 6.07) is 13.8. The topological polar surface area (TPSA) is 80.6 Å². The first kappa shape index (κ1) is 28.3. The Morgan fingerprint density at radius 1 is 0.972 bits per heavy atom. The maximum Gasteiger partial charge on any atom is 0.203 e. The number of phenols is 1. The van der Waals surface area contributed by atoms with Gasteiger partial charge in [-0.1, -0.05) is 30.3 Å². The Balaban J connectivity index is 1.32. The Bertz CT molecular complexity index is 870. The molecule has 0 spiro atoms. The van der Waals surface area contributed by atoms with E-state index in [4.69, 9.17) is 18.9 Å². The molecule has 0 saturated carbocycles. The SMILES string of the molecule is COc1cc(COCCC2CCN(CCC(CCCO)OCc3ccccc3)CC2)cc(O)c1OC. The van der Waals surface area contributed by atoms with Crippen molar-refractivity contribution < 1.29 is 29.2 Å². The standard InChI is InChI=1S/C29H43NO6/c1-33-28-20-25(19-27(32)29(28)34-2)21-35-18-13-23-10-14-30(15-11-23)16-12-26(9-6-17-31)36-22-24-7-4-3-5-8-24/h3-5,7-8,19-20,23,26,31-32H,6,9-18,21-22H2,1-2H3. The number of rotatable bonds is 16. The molecule has 0 aromatic heterocycles. The van der Waals surface area contributed by atoms with Crippen molar-refractivity contribution in [2.24, 2.45) is 5.92 Å². The normalized spacial score (nSPS) is 15.6. The van der Waals surface area contributed by atoms with Crippen LogP contribution in [0.5, 0.6) is 17.2 Å². The van der Waals surface area contributed by atoms with Gasteiger partial charge in [0.1, 0.15) is 0 Å². The lowest BCUT2D eigenvalue weighted by molar-refractivity contribution is 0.0159. The van der Waals surface area contributed by atoms with Crippen LogP contribution >= 0.6 is 0 Å². The second-order valence-corrected chi connectivity index (χ2v) is 9.55. The van der Waals surface area contributed by atoms with Crippen LogP contribution in [0.3, 0.4) is 0 Å². The molecule has 0 amide bonds. The second kappa shape index (κ2) is 15.7. The summed E-state index contributed by atoms with van der Waals surface area (Å²) >= 11 is 0. The molecule has 1 fully saturated rings. The largest absolute Gasteiger partial charge is 0.504 e. The molecule has 1 heterocycles. The van der Waals surface area contributed by atoms with Crippen LogP contribution in [0.25, 0.3) is 0 Å². The molecule has 1 aliphatic rings. The van der Waals surface area contributed by atoms with Crippen molar-refractivity contribution in [2.45, 2.75) is 57.8 Å². The fourth-order valence-corrected chi connectivity index (χ4v) is 4.77. The summed E-state index contributed by atoms with van der Waals surface area (Å²) in [5.74, 6) is 1.59. The summed E-state index contributed by atoms with van der Waals surface area (Å²) in [4.78, 5) is 2.54. The van der Waals surface area contributed by atoms with Crippen molar-refractivity contribution in [2.75, 3.05) is 47.1 Å². The molecule has 1 saturated heterocycles. The fourth-order valence-electron chi connectivity index (χ4n) is 4.77. The number of methoxy groups -OCH3 is 2. The number of benzene rings is 2. The molecule has 0 aliphatic carbocycles. The lowest BCUT2D eigenvalue weighted by Crippen LogP contribution is -2.36. The highest BCUT2D eigenvalue weighted by molar-refractivity contribution is 5.52. The summed E-state index contributed by atoms with van der Waals surface area (Å²) in [5.41, 5.74) is 2.06. The molecule has 36 heavy (non-hydrogen) atoms. The third kappa shape index (κ3) is 9.28. The van der Waals surface area contributed by atoms with Gasteiger partial charge < -0.3 is 34.1 Å². The van der Waals surface area contributed by atoms with Gasteiger partial charge in [0.25, 0.3) is 0 Å². The molecule has 0 bridgehead atoms. The van der Waals surface area contributed by atoms with Crippen LogP contribution in [-0.2, 0) is 22.7 Å². The van der Waals surface area contributed by atoms with Crippen LogP contribution in [0.4, 0.5) is 0 Å². The van der Waals surface area contributed by atoms with E-state index in [1.807, 2.05) is 24.3 Å². The van der Waals surface area contributed by atoms with Gasteiger partial charge in [-0.2, -0.15) is 0 Å². The van der Waals surface area contributed by atoms with Crippen LogP contribution in [0.15, 0.2) is 42.5 Å². The molecule has 7 heteroatoms. The highest BCUT2D eigenvalue weighted by Crippen LogP contribution is 2.37. The number of nitrogens with zero attached hydrogens (tertiary/aromatic N) is 1. The van der Waals surface area contributed by atoms with Crippen LogP contribution in [-0.4, -0.2) is 68.3 Å².